The fourth-order valence-electron chi connectivity index (χ4n) is 1.35. The van der Waals surface area contributed by atoms with E-state index < -0.39 is 12.0 Å². The summed E-state index contributed by atoms with van der Waals surface area (Å²) < 4.78 is 6.18. The number of ether oxygens (including phenoxy) is 1. The van der Waals surface area contributed by atoms with Gasteiger partial charge >= 0.3 is 5.97 Å². The van der Waals surface area contributed by atoms with Gasteiger partial charge in [0.05, 0.1) is 12.8 Å². The number of thioether (sulfide) groups is 1. The smallest absolute Gasteiger partial charge is 0.323 e. The molecule has 0 aliphatic carbocycles. The lowest BCUT2D eigenvalue weighted by Crippen LogP contribution is -2.33. The third kappa shape index (κ3) is 3.62. The molecule has 96 valence electrons. The largest absolute Gasteiger partial charge is 0.468 e. The first-order chi connectivity index (χ1) is 7.97. The van der Waals surface area contributed by atoms with Gasteiger partial charge in [-0.3, -0.25) is 9.48 Å². The van der Waals surface area contributed by atoms with Crippen LogP contribution in [0.15, 0.2) is 0 Å². The lowest BCUT2D eigenvalue weighted by atomic mass is 10.3. The minimum Gasteiger partial charge on any atom is -0.468 e. The van der Waals surface area contributed by atoms with Gasteiger partial charge in [0, 0.05) is 24.1 Å². The van der Waals surface area contributed by atoms with E-state index >= 15 is 0 Å². The first-order valence-electron chi connectivity index (χ1n) is 5.06. The molecule has 1 aromatic rings. The molecule has 0 amide bonds. The number of aromatic nitrogens is 2. The zero-order valence-electron chi connectivity index (χ0n) is 10.1. The molecule has 1 aromatic heterocycles. The van der Waals surface area contributed by atoms with E-state index in [1.165, 1.54) is 18.9 Å². The van der Waals surface area contributed by atoms with Gasteiger partial charge in [0.1, 0.15) is 11.2 Å². The maximum Gasteiger partial charge on any atom is 0.323 e. The zero-order chi connectivity index (χ0) is 13.0. The van der Waals surface area contributed by atoms with E-state index in [1.807, 2.05) is 6.92 Å². The van der Waals surface area contributed by atoms with Crippen molar-refractivity contribution in [1.29, 1.82) is 0 Å². The van der Waals surface area contributed by atoms with Crippen LogP contribution in [0.3, 0.4) is 0 Å². The van der Waals surface area contributed by atoms with Gasteiger partial charge in [0.25, 0.3) is 0 Å². The van der Waals surface area contributed by atoms with Crippen molar-refractivity contribution < 1.29 is 9.53 Å². The second kappa shape index (κ2) is 6.28. The Hall–Kier alpha value is -0.720. The van der Waals surface area contributed by atoms with Crippen LogP contribution in [0.25, 0.3) is 0 Å². The third-order valence-electron chi connectivity index (χ3n) is 2.32. The maximum absolute atomic E-state index is 11.1. The highest BCUT2D eigenvalue weighted by Gasteiger charge is 2.15. The van der Waals surface area contributed by atoms with Crippen molar-refractivity contribution in [3.8, 4) is 0 Å². The van der Waals surface area contributed by atoms with Crippen LogP contribution in [0.4, 0.5) is 0 Å². The minimum absolute atomic E-state index is 0.397. The molecule has 2 N–H and O–H groups in total. The highest BCUT2D eigenvalue weighted by atomic mass is 35.5. The molecule has 0 saturated heterocycles. The van der Waals surface area contributed by atoms with E-state index in [-0.39, 0.29) is 0 Å². The van der Waals surface area contributed by atoms with Crippen molar-refractivity contribution >= 4 is 29.3 Å². The molecule has 1 heterocycles. The van der Waals surface area contributed by atoms with E-state index in [4.69, 9.17) is 17.3 Å². The van der Waals surface area contributed by atoms with Gasteiger partial charge in [-0.25, -0.2) is 0 Å². The van der Waals surface area contributed by atoms with E-state index in [9.17, 15) is 4.79 Å². The van der Waals surface area contributed by atoms with Crippen LogP contribution in [-0.4, -0.2) is 34.7 Å². The van der Waals surface area contributed by atoms with E-state index in [0.717, 1.165) is 11.3 Å². The van der Waals surface area contributed by atoms with Crippen LogP contribution in [-0.2, 0) is 22.3 Å². The Morgan fingerprint density at radius 1 is 1.71 bits per heavy atom. The summed E-state index contributed by atoms with van der Waals surface area (Å²) in [5.74, 6) is 0.784. The van der Waals surface area contributed by atoms with Crippen LogP contribution in [0.2, 0.25) is 5.15 Å². The Bertz CT molecular complexity index is 409. The number of nitrogens with two attached hydrogens (primary N) is 1. The van der Waals surface area contributed by atoms with Crippen LogP contribution >= 0.6 is 23.4 Å². The van der Waals surface area contributed by atoms with Gasteiger partial charge < -0.3 is 10.5 Å². The third-order valence-corrected chi connectivity index (χ3v) is 3.88. The van der Waals surface area contributed by atoms with Crippen LogP contribution in [0, 0.1) is 6.92 Å². The lowest BCUT2D eigenvalue weighted by Gasteiger charge is -2.08. The number of carbonyl (C=O) groups is 1. The predicted molar refractivity (Wildman–Crippen MR) is 69.1 cm³/mol. The van der Waals surface area contributed by atoms with E-state index in [1.54, 1.807) is 11.7 Å². The Balaban J connectivity index is 2.49. The molecule has 0 bridgehead atoms. The second-order valence-electron chi connectivity index (χ2n) is 3.62. The number of esters is 1. The molecule has 0 aliphatic rings. The summed E-state index contributed by atoms with van der Waals surface area (Å²) in [5, 5.41) is 4.83. The average molecular weight is 278 g/mol. The number of aryl methyl sites for hydroxylation is 2. The number of carbonyl (C=O) groups excluding carboxylic acids is 1. The van der Waals surface area contributed by atoms with Crippen LogP contribution < -0.4 is 5.73 Å². The standard InChI is InChI=1S/C10H16ClN3O2S/c1-6-7(9(11)14(2)13-6)4-17-5-8(12)10(15)16-3/h8H,4-5,12H2,1-3H3. The summed E-state index contributed by atoms with van der Waals surface area (Å²) in [7, 11) is 3.12. The maximum atomic E-state index is 11.1. The Morgan fingerprint density at radius 2 is 2.35 bits per heavy atom. The molecule has 0 spiro atoms. The predicted octanol–water partition coefficient (Wildman–Crippen LogP) is 1.12. The number of nitrogens with zero attached hydrogens (tertiary/aromatic N) is 2. The van der Waals surface area contributed by atoms with Crippen molar-refractivity contribution in [3.05, 3.63) is 16.4 Å². The van der Waals surface area contributed by atoms with Crippen molar-refractivity contribution in [2.45, 2.75) is 18.7 Å². The summed E-state index contributed by atoms with van der Waals surface area (Å²) in [5.41, 5.74) is 7.51. The van der Waals surface area contributed by atoms with Gasteiger partial charge in [0.15, 0.2) is 0 Å². The molecule has 0 saturated carbocycles. The monoisotopic (exact) mass is 277 g/mol. The molecule has 0 fully saturated rings. The average Bonchev–Trinajstić information content (AvgIpc) is 2.54. The zero-order valence-corrected chi connectivity index (χ0v) is 11.6. The number of rotatable bonds is 5. The van der Waals surface area contributed by atoms with Gasteiger partial charge in [0.2, 0.25) is 0 Å². The summed E-state index contributed by atoms with van der Waals surface area (Å²) >= 11 is 7.62. The Morgan fingerprint density at radius 3 is 2.82 bits per heavy atom. The minimum atomic E-state index is -0.597. The molecule has 0 radical (unpaired) electrons. The molecule has 1 atom stereocenters. The van der Waals surface area contributed by atoms with Crippen LogP contribution in [0.1, 0.15) is 11.3 Å². The normalized spacial score (nSPS) is 12.5. The number of hydrogen-bond acceptors (Lipinski definition) is 5. The summed E-state index contributed by atoms with van der Waals surface area (Å²) in [6, 6.07) is -0.597. The molecule has 5 nitrogen and oxygen atoms in total. The number of hydrogen-bond donors (Lipinski definition) is 1. The Kier molecular flexibility index (Phi) is 5.30. The molecule has 1 rings (SSSR count). The van der Waals surface area contributed by atoms with Gasteiger partial charge in [-0.15, -0.1) is 0 Å². The fourth-order valence-corrected chi connectivity index (χ4v) is 2.72. The quantitative estimate of drug-likeness (QED) is 0.817. The Labute approximate surface area is 110 Å². The van der Waals surface area contributed by atoms with Crippen molar-refractivity contribution in [3.63, 3.8) is 0 Å². The van der Waals surface area contributed by atoms with Crippen molar-refractivity contribution in [2.75, 3.05) is 12.9 Å². The number of halogens is 1. The van der Waals surface area contributed by atoms with Crippen molar-refractivity contribution in [1.82, 2.24) is 9.78 Å². The summed E-state index contributed by atoms with van der Waals surface area (Å²) in [4.78, 5) is 11.1. The molecule has 7 heteroatoms. The van der Waals surface area contributed by atoms with Gasteiger partial charge in [-0.2, -0.15) is 16.9 Å². The first-order valence-corrected chi connectivity index (χ1v) is 6.59. The molecular weight excluding hydrogens is 262 g/mol. The molecule has 17 heavy (non-hydrogen) atoms. The summed E-state index contributed by atoms with van der Waals surface area (Å²) in [6.45, 7) is 1.90. The highest BCUT2D eigenvalue weighted by Crippen LogP contribution is 2.23. The first kappa shape index (κ1) is 14.3. The van der Waals surface area contributed by atoms with Crippen molar-refractivity contribution in [2.24, 2.45) is 12.8 Å². The molecule has 0 aliphatic heterocycles. The SMILES string of the molecule is COC(=O)C(N)CSCc1c(C)nn(C)c1Cl. The highest BCUT2D eigenvalue weighted by molar-refractivity contribution is 7.98. The lowest BCUT2D eigenvalue weighted by molar-refractivity contribution is -0.141. The van der Waals surface area contributed by atoms with Gasteiger partial charge in [-0.05, 0) is 6.92 Å². The van der Waals surface area contributed by atoms with Crippen LogP contribution in [0.5, 0.6) is 0 Å². The van der Waals surface area contributed by atoms with E-state index in [2.05, 4.69) is 9.84 Å². The molecule has 0 aromatic carbocycles. The molecular formula is C10H16ClN3O2S. The summed E-state index contributed by atoms with van der Waals surface area (Å²) in [6.07, 6.45) is 0. The van der Waals surface area contributed by atoms with E-state index in [0.29, 0.717) is 16.7 Å². The second-order valence-corrected chi connectivity index (χ2v) is 5.01. The van der Waals surface area contributed by atoms with Gasteiger partial charge in [-0.1, -0.05) is 11.6 Å². The fraction of sp³-hybridized carbons (Fsp3) is 0.600. The molecule has 1 unspecified atom stereocenters. The topological polar surface area (TPSA) is 70.1 Å². The number of methoxy groups -OCH3 is 1.